The minimum Gasteiger partial charge on any atom is -0.369 e. The molecule has 4 nitrogen and oxygen atoms in total. The van der Waals surface area contributed by atoms with Gasteiger partial charge in [-0.3, -0.25) is 4.98 Å². The zero-order valence-corrected chi connectivity index (χ0v) is 10.4. The van der Waals surface area contributed by atoms with Crippen molar-refractivity contribution in [3.05, 3.63) is 30.5 Å². The van der Waals surface area contributed by atoms with Crippen LogP contribution < -0.4 is 10.6 Å². The highest BCUT2D eigenvalue weighted by molar-refractivity contribution is 5.75. The van der Waals surface area contributed by atoms with Crippen LogP contribution in [0.25, 0.3) is 11.0 Å². The number of hydrogen-bond donors (Lipinski definition) is 2. The van der Waals surface area contributed by atoms with Crippen molar-refractivity contribution in [2.45, 2.75) is 12.8 Å². The molecule has 0 amide bonds. The molecule has 2 aromatic rings. The summed E-state index contributed by atoms with van der Waals surface area (Å²) in [7, 11) is 0. The summed E-state index contributed by atoms with van der Waals surface area (Å²) in [6.07, 6.45) is 4.31. The molecule has 0 aliphatic carbocycles. The Balaban J connectivity index is 1.60. The first-order valence-corrected chi connectivity index (χ1v) is 6.58. The first kappa shape index (κ1) is 11.4. The SMILES string of the molecule is c1ccc2nc(NCCC3CCNC3)cnc2c1. The van der Waals surface area contributed by atoms with E-state index in [1.54, 1.807) is 0 Å². The molecule has 4 heteroatoms. The number of hydrogen-bond acceptors (Lipinski definition) is 4. The summed E-state index contributed by atoms with van der Waals surface area (Å²) in [5.74, 6) is 1.69. The van der Waals surface area contributed by atoms with E-state index >= 15 is 0 Å². The molecule has 0 saturated carbocycles. The van der Waals surface area contributed by atoms with Crippen molar-refractivity contribution in [3.63, 3.8) is 0 Å². The number of benzene rings is 1. The van der Waals surface area contributed by atoms with Gasteiger partial charge in [0.05, 0.1) is 17.2 Å². The van der Waals surface area contributed by atoms with Gasteiger partial charge in [0.1, 0.15) is 5.82 Å². The molecule has 1 aliphatic heterocycles. The molecule has 1 aliphatic rings. The van der Waals surface area contributed by atoms with E-state index in [2.05, 4.69) is 20.6 Å². The fraction of sp³-hybridized carbons (Fsp3) is 0.429. The zero-order valence-electron chi connectivity index (χ0n) is 10.4. The second-order valence-electron chi connectivity index (χ2n) is 4.82. The third-order valence-electron chi connectivity index (χ3n) is 3.47. The molecule has 1 fully saturated rings. The number of rotatable bonds is 4. The van der Waals surface area contributed by atoms with E-state index in [1.807, 2.05) is 30.5 Å². The van der Waals surface area contributed by atoms with E-state index in [9.17, 15) is 0 Å². The van der Waals surface area contributed by atoms with Crippen LogP contribution in [0.1, 0.15) is 12.8 Å². The Labute approximate surface area is 107 Å². The number of fused-ring (bicyclic) bond motifs is 1. The number of aromatic nitrogens is 2. The van der Waals surface area contributed by atoms with Crippen LogP contribution in [0.2, 0.25) is 0 Å². The minimum absolute atomic E-state index is 0.811. The van der Waals surface area contributed by atoms with Crippen LogP contribution in [0.3, 0.4) is 0 Å². The maximum Gasteiger partial charge on any atom is 0.145 e. The van der Waals surface area contributed by atoms with Gasteiger partial charge < -0.3 is 10.6 Å². The fourth-order valence-electron chi connectivity index (χ4n) is 2.41. The molecule has 0 bridgehead atoms. The summed E-state index contributed by atoms with van der Waals surface area (Å²) >= 11 is 0. The molecule has 3 rings (SSSR count). The van der Waals surface area contributed by atoms with Crippen molar-refractivity contribution in [3.8, 4) is 0 Å². The van der Waals surface area contributed by atoms with Crippen LogP contribution in [-0.2, 0) is 0 Å². The van der Waals surface area contributed by atoms with Crippen LogP contribution >= 0.6 is 0 Å². The van der Waals surface area contributed by atoms with Gasteiger partial charge in [-0.25, -0.2) is 4.98 Å². The van der Waals surface area contributed by atoms with Crippen LogP contribution in [-0.4, -0.2) is 29.6 Å². The van der Waals surface area contributed by atoms with Gasteiger partial charge in [0.25, 0.3) is 0 Å². The summed E-state index contributed by atoms with van der Waals surface area (Å²) in [6.45, 7) is 3.30. The minimum atomic E-state index is 0.811. The number of nitrogens with one attached hydrogen (secondary N) is 2. The quantitative estimate of drug-likeness (QED) is 0.861. The second kappa shape index (κ2) is 5.31. The molecule has 1 atom stereocenters. The first-order valence-electron chi connectivity index (χ1n) is 6.58. The third kappa shape index (κ3) is 2.59. The Hall–Kier alpha value is -1.68. The lowest BCUT2D eigenvalue weighted by atomic mass is 10.1. The molecule has 0 spiro atoms. The van der Waals surface area contributed by atoms with Gasteiger partial charge in [0.2, 0.25) is 0 Å². The van der Waals surface area contributed by atoms with Crippen LogP contribution in [0.4, 0.5) is 5.82 Å². The lowest BCUT2D eigenvalue weighted by molar-refractivity contribution is 0.549. The van der Waals surface area contributed by atoms with Crippen molar-refractivity contribution in [2.75, 3.05) is 25.0 Å². The van der Waals surface area contributed by atoms with Crippen molar-refractivity contribution in [1.29, 1.82) is 0 Å². The normalized spacial score (nSPS) is 19.2. The largest absolute Gasteiger partial charge is 0.369 e. The highest BCUT2D eigenvalue weighted by atomic mass is 15.0. The van der Waals surface area contributed by atoms with Crippen molar-refractivity contribution in [1.82, 2.24) is 15.3 Å². The molecule has 1 aromatic carbocycles. The molecule has 2 N–H and O–H groups in total. The Bertz CT molecular complexity index is 520. The molecule has 1 aromatic heterocycles. The predicted octanol–water partition coefficient (Wildman–Crippen LogP) is 2.04. The summed E-state index contributed by atoms with van der Waals surface area (Å²) in [4.78, 5) is 8.94. The zero-order chi connectivity index (χ0) is 12.2. The standard InChI is InChI=1S/C14H18N4/c1-2-4-13-12(3-1)17-10-14(18-13)16-8-6-11-5-7-15-9-11/h1-4,10-11,15H,5-9H2,(H,16,18). The molecule has 0 radical (unpaired) electrons. The van der Waals surface area contributed by atoms with E-state index in [1.165, 1.54) is 19.4 Å². The van der Waals surface area contributed by atoms with Gasteiger partial charge >= 0.3 is 0 Å². The lowest BCUT2D eigenvalue weighted by Gasteiger charge is -2.09. The summed E-state index contributed by atoms with van der Waals surface area (Å²) in [5.41, 5.74) is 1.90. The Morgan fingerprint density at radius 2 is 2.17 bits per heavy atom. The summed E-state index contributed by atoms with van der Waals surface area (Å²) in [5, 5.41) is 6.75. The fourth-order valence-corrected chi connectivity index (χ4v) is 2.41. The highest BCUT2D eigenvalue weighted by Crippen LogP contribution is 2.14. The van der Waals surface area contributed by atoms with Gasteiger partial charge in [-0.1, -0.05) is 12.1 Å². The van der Waals surface area contributed by atoms with Crippen LogP contribution in [0.15, 0.2) is 30.5 Å². The van der Waals surface area contributed by atoms with E-state index in [0.29, 0.717) is 0 Å². The highest BCUT2D eigenvalue weighted by Gasteiger charge is 2.13. The number of nitrogens with zero attached hydrogens (tertiary/aromatic N) is 2. The second-order valence-corrected chi connectivity index (χ2v) is 4.82. The molecular weight excluding hydrogens is 224 g/mol. The van der Waals surface area contributed by atoms with E-state index in [-0.39, 0.29) is 0 Å². The summed E-state index contributed by atoms with van der Waals surface area (Å²) in [6, 6.07) is 7.95. The average Bonchev–Trinajstić information content (AvgIpc) is 2.92. The number of para-hydroxylation sites is 2. The van der Waals surface area contributed by atoms with Crippen LogP contribution in [0.5, 0.6) is 0 Å². The molecule has 18 heavy (non-hydrogen) atoms. The summed E-state index contributed by atoms with van der Waals surface area (Å²) < 4.78 is 0. The third-order valence-corrected chi connectivity index (χ3v) is 3.47. The average molecular weight is 242 g/mol. The topological polar surface area (TPSA) is 49.8 Å². The maximum absolute atomic E-state index is 4.55. The molecular formula is C14H18N4. The van der Waals surface area contributed by atoms with Crippen molar-refractivity contribution >= 4 is 16.9 Å². The molecule has 94 valence electrons. The van der Waals surface area contributed by atoms with Crippen LogP contribution in [0, 0.1) is 5.92 Å². The smallest absolute Gasteiger partial charge is 0.145 e. The Morgan fingerprint density at radius 1 is 1.28 bits per heavy atom. The maximum atomic E-state index is 4.55. The van der Waals surface area contributed by atoms with Gasteiger partial charge in [-0.05, 0) is 44.0 Å². The molecule has 2 heterocycles. The van der Waals surface area contributed by atoms with Crippen molar-refractivity contribution < 1.29 is 0 Å². The van der Waals surface area contributed by atoms with Gasteiger partial charge in [-0.15, -0.1) is 0 Å². The van der Waals surface area contributed by atoms with Gasteiger partial charge in [-0.2, -0.15) is 0 Å². The number of anilines is 1. The van der Waals surface area contributed by atoms with Gasteiger partial charge in [0, 0.05) is 6.54 Å². The Kier molecular flexibility index (Phi) is 3.37. The lowest BCUT2D eigenvalue weighted by Crippen LogP contribution is -2.13. The molecule has 1 saturated heterocycles. The van der Waals surface area contributed by atoms with E-state index in [0.717, 1.165) is 35.9 Å². The molecule has 1 unspecified atom stereocenters. The first-order chi connectivity index (χ1) is 8.92. The van der Waals surface area contributed by atoms with E-state index < -0.39 is 0 Å². The Morgan fingerprint density at radius 3 is 3.00 bits per heavy atom. The monoisotopic (exact) mass is 242 g/mol. The van der Waals surface area contributed by atoms with Crippen molar-refractivity contribution in [2.24, 2.45) is 5.92 Å². The predicted molar refractivity (Wildman–Crippen MR) is 73.6 cm³/mol. The van der Waals surface area contributed by atoms with E-state index in [4.69, 9.17) is 0 Å². The van der Waals surface area contributed by atoms with Gasteiger partial charge in [0.15, 0.2) is 0 Å².